The lowest BCUT2D eigenvalue weighted by atomic mass is 10.0. The van der Waals surface area contributed by atoms with Crippen LogP contribution in [0.25, 0.3) is 11.5 Å². The number of hydrogen-bond donors (Lipinski definition) is 1. The molecule has 3 aromatic rings. The number of nitrogens with zero attached hydrogens (tertiary/aromatic N) is 4. The first kappa shape index (κ1) is 20.4. The van der Waals surface area contributed by atoms with Gasteiger partial charge in [-0.25, -0.2) is 4.68 Å². The highest BCUT2D eigenvalue weighted by atomic mass is 16.1. The predicted octanol–water partition coefficient (Wildman–Crippen LogP) is 3.97. The van der Waals surface area contributed by atoms with Gasteiger partial charge in [0.05, 0.1) is 11.9 Å². The molecule has 0 unspecified atom stereocenters. The van der Waals surface area contributed by atoms with Crippen molar-refractivity contribution in [3.63, 3.8) is 0 Å². The zero-order valence-electron chi connectivity index (χ0n) is 17.9. The molecular weight excluding hydrogens is 374 g/mol. The predicted molar refractivity (Wildman–Crippen MR) is 119 cm³/mol. The van der Waals surface area contributed by atoms with Crippen LogP contribution in [-0.2, 0) is 0 Å². The van der Waals surface area contributed by atoms with E-state index in [4.69, 9.17) is 0 Å². The lowest BCUT2D eigenvalue weighted by Crippen LogP contribution is -2.39. The van der Waals surface area contributed by atoms with Crippen molar-refractivity contribution >= 4 is 5.91 Å². The zero-order chi connectivity index (χ0) is 20.9. The number of amides is 1. The fourth-order valence-electron chi connectivity index (χ4n) is 4.17. The normalized spacial score (nSPS) is 17.2. The second-order valence-electron chi connectivity index (χ2n) is 8.21. The minimum absolute atomic E-state index is 0.0799. The van der Waals surface area contributed by atoms with Crippen LogP contribution in [0.2, 0.25) is 0 Å². The topological polar surface area (TPSA) is 55.1 Å². The van der Waals surface area contributed by atoms with Crippen molar-refractivity contribution in [2.75, 3.05) is 19.6 Å². The summed E-state index contributed by atoms with van der Waals surface area (Å²) in [5.41, 5.74) is 2.70. The van der Waals surface area contributed by atoms with Crippen molar-refractivity contribution in [1.29, 1.82) is 0 Å². The van der Waals surface area contributed by atoms with Gasteiger partial charge in [-0.15, -0.1) is 0 Å². The van der Waals surface area contributed by atoms with E-state index in [0.29, 0.717) is 18.2 Å². The molecule has 0 saturated carbocycles. The zero-order valence-corrected chi connectivity index (χ0v) is 17.9. The van der Waals surface area contributed by atoms with Crippen molar-refractivity contribution in [3.05, 3.63) is 66.1 Å². The molecule has 0 spiro atoms. The van der Waals surface area contributed by atoms with Crippen LogP contribution in [-0.4, -0.2) is 50.8 Å². The lowest BCUT2D eigenvalue weighted by molar-refractivity contribution is 0.0949. The first-order chi connectivity index (χ1) is 14.6. The summed E-state index contributed by atoms with van der Waals surface area (Å²) in [6, 6.07) is 12.7. The third-order valence-corrected chi connectivity index (χ3v) is 5.96. The van der Waals surface area contributed by atoms with Gasteiger partial charge in [0.25, 0.3) is 5.91 Å². The average Bonchev–Trinajstić information content (AvgIpc) is 3.42. The fourth-order valence-corrected chi connectivity index (χ4v) is 4.17. The third kappa shape index (κ3) is 4.49. The molecule has 1 aliphatic rings. The number of aryl methyl sites for hydroxylation is 1. The standard InChI is InChI=1S/C24H31N5O/c1-19-9-11-21(12-10-19)29-24(28-15-5-6-16-28)22(18-26-29)23(30)25-13-7-17-27-14-4-3-8-20(27)2/h5-6,9-12,15-16,18,20H,3-4,7-8,13-14,17H2,1-2H3,(H,25,30)/t20-/m1/s1. The molecule has 0 radical (unpaired) electrons. The molecule has 6 nitrogen and oxygen atoms in total. The molecule has 6 heteroatoms. The van der Waals surface area contributed by atoms with E-state index >= 15 is 0 Å². The Kier molecular flexibility index (Phi) is 6.33. The summed E-state index contributed by atoms with van der Waals surface area (Å²) in [5.74, 6) is 0.676. The van der Waals surface area contributed by atoms with Crippen molar-refractivity contribution in [1.82, 2.24) is 24.6 Å². The minimum Gasteiger partial charge on any atom is -0.352 e. The van der Waals surface area contributed by atoms with Crippen molar-refractivity contribution in [2.45, 2.75) is 45.6 Å². The Balaban J connectivity index is 1.46. The quantitative estimate of drug-likeness (QED) is 0.605. The Labute approximate surface area is 178 Å². The van der Waals surface area contributed by atoms with Crippen LogP contribution in [0.1, 0.15) is 48.5 Å². The molecule has 1 aliphatic heterocycles. The van der Waals surface area contributed by atoms with E-state index < -0.39 is 0 Å². The summed E-state index contributed by atoms with van der Waals surface area (Å²) in [4.78, 5) is 15.5. The van der Waals surface area contributed by atoms with Crippen LogP contribution in [0.15, 0.2) is 55.0 Å². The molecule has 1 atom stereocenters. The Morgan fingerprint density at radius 1 is 1.17 bits per heavy atom. The first-order valence-electron chi connectivity index (χ1n) is 10.9. The Hall–Kier alpha value is -2.86. The molecule has 1 aromatic carbocycles. The maximum Gasteiger partial charge on any atom is 0.256 e. The molecule has 4 rings (SSSR count). The highest BCUT2D eigenvalue weighted by molar-refractivity contribution is 5.97. The maximum atomic E-state index is 13.0. The number of carbonyl (C=O) groups is 1. The van der Waals surface area contributed by atoms with Gasteiger partial charge in [0.1, 0.15) is 5.56 Å². The lowest BCUT2D eigenvalue weighted by Gasteiger charge is -2.33. The highest BCUT2D eigenvalue weighted by Gasteiger charge is 2.20. The van der Waals surface area contributed by atoms with E-state index in [0.717, 1.165) is 24.5 Å². The Morgan fingerprint density at radius 2 is 1.93 bits per heavy atom. The molecule has 1 fully saturated rings. The second-order valence-corrected chi connectivity index (χ2v) is 8.21. The first-order valence-corrected chi connectivity index (χ1v) is 10.9. The number of aromatic nitrogens is 3. The summed E-state index contributed by atoms with van der Waals surface area (Å²) in [5, 5.41) is 7.63. The van der Waals surface area contributed by atoms with Gasteiger partial charge in [-0.2, -0.15) is 5.10 Å². The molecule has 158 valence electrons. The number of benzene rings is 1. The number of likely N-dealkylation sites (tertiary alicyclic amines) is 1. The molecule has 0 aliphatic carbocycles. The summed E-state index contributed by atoms with van der Waals surface area (Å²) < 4.78 is 3.76. The summed E-state index contributed by atoms with van der Waals surface area (Å²) in [7, 11) is 0. The van der Waals surface area contributed by atoms with Gasteiger partial charge in [0.15, 0.2) is 5.82 Å². The van der Waals surface area contributed by atoms with Crippen LogP contribution in [0.3, 0.4) is 0 Å². The monoisotopic (exact) mass is 405 g/mol. The molecule has 2 aromatic heterocycles. The van der Waals surface area contributed by atoms with E-state index in [1.165, 1.54) is 31.4 Å². The van der Waals surface area contributed by atoms with Crippen molar-refractivity contribution in [2.24, 2.45) is 0 Å². The molecule has 0 bridgehead atoms. The fraction of sp³-hybridized carbons (Fsp3) is 0.417. The molecule has 1 saturated heterocycles. The van der Waals surface area contributed by atoms with Gasteiger partial charge in [-0.1, -0.05) is 24.1 Å². The van der Waals surface area contributed by atoms with Crippen LogP contribution in [0.4, 0.5) is 0 Å². The van der Waals surface area contributed by atoms with E-state index in [-0.39, 0.29) is 5.91 Å². The second kappa shape index (κ2) is 9.30. The highest BCUT2D eigenvalue weighted by Crippen LogP contribution is 2.20. The van der Waals surface area contributed by atoms with Crippen LogP contribution < -0.4 is 5.32 Å². The summed E-state index contributed by atoms with van der Waals surface area (Å²) in [6.45, 7) is 7.25. The van der Waals surface area contributed by atoms with Gasteiger partial charge >= 0.3 is 0 Å². The van der Waals surface area contributed by atoms with Crippen LogP contribution in [0.5, 0.6) is 0 Å². The molecule has 3 heterocycles. The SMILES string of the molecule is Cc1ccc(-n2ncc(C(=O)NCCCN3CCCC[C@H]3C)c2-n2cccc2)cc1. The number of piperidine rings is 1. The molecule has 1 amide bonds. The largest absolute Gasteiger partial charge is 0.352 e. The van der Waals surface area contributed by atoms with Crippen molar-refractivity contribution in [3.8, 4) is 11.5 Å². The molecule has 30 heavy (non-hydrogen) atoms. The van der Waals surface area contributed by atoms with E-state index in [9.17, 15) is 4.79 Å². The van der Waals surface area contributed by atoms with Gasteiger partial charge < -0.3 is 14.8 Å². The number of rotatable bonds is 7. The Morgan fingerprint density at radius 3 is 2.67 bits per heavy atom. The third-order valence-electron chi connectivity index (χ3n) is 5.96. The van der Waals surface area contributed by atoms with Gasteiger partial charge in [0.2, 0.25) is 0 Å². The van der Waals surface area contributed by atoms with Gasteiger partial charge in [-0.05, 0) is 63.9 Å². The number of nitrogens with one attached hydrogen (secondary N) is 1. The van der Waals surface area contributed by atoms with Gasteiger partial charge in [0, 0.05) is 31.5 Å². The van der Waals surface area contributed by atoms with Gasteiger partial charge in [-0.3, -0.25) is 4.79 Å². The molecular formula is C24H31N5O. The van der Waals surface area contributed by atoms with Crippen LogP contribution >= 0.6 is 0 Å². The summed E-state index contributed by atoms with van der Waals surface area (Å²) >= 11 is 0. The van der Waals surface area contributed by atoms with E-state index in [1.54, 1.807) is 6.20 Å². The van der Waals surface area contributed by atoms with E-state index in [1.807, 2.05) is 45.9 Å². The van der Waals surface area contributed by atoms with Crippen molar-refractivity contribution < 1.29 is 4.79 Å². The number of hydrogen-bond acceptors (Lipinski definition) is 3. The minimum atomic E-state index is -0.0799. The van der Waals surface area contributed by atoms with Crippen LogP contribution in [0, 0.1) is 6.92 Å². The van der Waals surface area contributed by atoms with E-state index in [2.05, 4.69) is 41.3 Å². The average molecular weight is 406 g/mol. The summed E-state index contributed by atoms with van der Waals surface area (Å²) in [6.07, 6.45) is 10.4. The maximum absolute atomic E-state index is 13.0. The smallest absolute Gasteiger partial charge is 0.256 e. The number of carbonyl (C=O) groups excluding carboxylic acids is 1. The Bertz CT molecular complexity index is 958. The molecule has 1 N–H and O–H groups in total.